The van der Waals surface area contributed by atoms with E-state index in [1.807, 2.05) is 18.2 Å². The van der Waals surface area contributed by atoms with Gasteiger partial charge in [-0.15, -0.1) is 0 Å². The van der Waals surface area contributed by atoms with E-state index in [9.17, 15) is 4.79 Å². The second kappa shape index (κ2) is 7.81. The molecule has 0 fully saturated rings. The number of fused-ring (bicyclic) bond motifs is 3. The van der Waals surface area contributed by atoms with Gasteiger partial charge in [-0.05, 0) is 0 Å². The summed E-state index contributed by atoms with van der Waals surface area (Å²) in [5, 5.41) is 11.2. The summed E-state index contributed by atoms with van der Waals surface area (Å²) in [6, 6.07) is 7.60. The third kappa shape index (κ3) is 4.95. The zero-order valence-corrected chi connectivity index (χ0v) is 17.5. The van der Waals surface area contributed by atoms with Gasteiger partial charge in [-0.2, -0.15) is 0 Å². The van der Waals surface area contributed by atoms with Gasteiger partial charge in [0.1, 0.15) is 0 Å². The summed E-state index contributed by atoms with van der Waals surface area (Å²) in [7, 11) is 0. The number of nitrogens with one attached hydrogen (secondary N) is 1. The van der Waals surface area contributed by atoms with Gasteiger partial charge in [0.2, 0.25) is 0 Å². The molecule has 0 saturated carbocycles. The Morgan fingerprint density at radius 2 is 2.19 bits per heavy atom. The Hall–Kier alpha value is -2.20. The molecule has 2 aromatic rings. The molecule has 1 unspecified atom stereocenters. The fourth-order valence-electron chi connectivity index (χ4n) is 3.32. The van der Waals surface area contributed by atoms with Crippen LogP contribution in [0.3, 0.4) is 0 Å². The molecule has 3 rings (SSSR count). The number of benzene rings is 1. The van der Waals surface area contributed by atoms with Gasteiger partial charge in [-0.1, -0.05) is 0 Å². The van der Waals surface area contributed by atoms with Crippen molar-refractivity contribution < 1.29 is 19.4 Å². The minimum absolute atomic E-state index is 0.0449. The number of carboxylic acid groups (broad SMARTS) is 1. The summed E-state index contributed by atoms with van der Waals surface area (Å²) in [5.74, 6) is 2.32. The first-order valence-corrected chi connectivity index (χ1v) is 9.78. The molecule has 0 bridgehead atoms. The quantitative estimate of drug-likeness (QED) is 0.660. The van der Waals surface area contributed by atoms with E-state index in [2.05, 4.69) is 47.9 Å². The number of carbonyl (C=O) groups is 1. The summed E-state index contributed by atoms with van der Waals surface area (Å²) in [5.41, 5.74) is 2.82. The van der Waals surface area contributed by atoms with E-state index in [0.717, 1.165) is 28.9 Å². The minimum atomic E-state index is -1.15. The molecule has 1 aromatic heterocycles. The van der Waals surface area contributed by atoms with Crippen LogP contribution in [0.1, 0.15) is 32.8 Å². The van der Waals surface area contributed by atoms with E-state index in [1.54, 1.807) is 12.3 Å². The van der Waals surface area contributed by atoms with Gasteiger partial charge in [0.25, 0.3) is 0 Å². The van der Waals surface area contributed by atoms with Crippen molar-refractivity contribution in [3.63, 3.8) is 0 Å². The molecule has 142 valence electrons. The van der Waals surface area contributed by atoms with E-state index in [1.165, 1.54) is 0 Å². The zero-order valence-electron chi connectivity index (χ0n) is 15.7. The third-order valence-electron chi connectivity index (χ3n) is 4.25. The Morgan fingerprint density at radius 3 is 2.89 bits per heavy atom. The summed E-state index contributed by atoms with van der Waals surface area (Å²) >= 11 is 2.73. The summed E-state index contributed by atoms with van der Waals surface area (Å²) < 4.78 is 11.8. The molecule has 1 aliphatic heterocycles. The predicted molar refractivity (Wildman–Crippen MR) is 105 cm³/mol. The van der Waals surface area contributed by atoms with Gasteiger partial charge in [0.15, 0.2) is 0 Å². The Labute approximate surface area is 167 Å². The molecular weight excluding hydrogens is 407 g/mol. The molecule has 27 heavy (non-hydrogen) atoms. The molecule has 7 heteroatoms. The Morgan fingerprint density at radius 1 is 1.41 bits per heavy atom. The van der Waals surface area contributed by atoms with E-state index in [-0.39, 0.29) is 10.0 Å². The molecule has 1 aromatic carbocycles. The predicted octanol–water partition coefficient (Wildman–Crippen LogP) is 4.50. The van der Waals surface area contributed by atoms with Crippen LogP contribution in [0, 0.1) is 5.92 Å². The molecule has 1 amide bonds. The average molecular weight is 430 g/mol. The van der Waals surface area contributed by atoms with Crippen LogP contribution in [0.4, 0.5) is 10.6 Å². The van der Waals surface area contributed by atoms with Crippen molar-refractivity contribution in [2.45, 2.75) is 38.0 Å². The van der Waals surface area contributed by atoms with Crippen LogP contribution in [0.5, 0.6) is 11.5 Å². The monoisotopic (exact) mass is 430 g/mol. The van der Waals surface area contributed by atoms with Gasteiger partial charge >= 0.3 is 158 Å². The van der Waals surface area contributed by atoms with Gasteiger partial charge in [-0.25, -0.2) is 4.79 Å². The number of anilines is 1. The van der Waals surface area contributed by atoms with Crippen molar-refractivity contribution in [2.24, 2.45) is 5.92 Å². The number of rotatable bonds is 6. The number of pyridine rings is 1. The summed E-state index contributed by atoms with van der Waals surface area (Å²) in [6.07, 6.45) is 1.46. The van der Waals surface area contributed by atoms with Gasteiger partial charge in [0, 0.05) is 0 Å². The van der Waals surface area contributed by atoms with E-state index in [4.69, 9.17) is 14.6 Å². The third-order valence-corrected chi connectivity index (χ3v) is 4.90. The molecule has 1 aliphatic rings. The first-order chi connectivity index (χ1) is 12.7. The average Bonchev–Trinajstić information content (AvgIpc) is 2.58. The molecule has 0 spiro atoms. The fourth-order valence-corrected chi connectivity index (χ4v) is 4.22. The Kier molecular flexibility index (Phi) is 5.66. The maximum absolute atomic E-state index is 10.8. The van der Waals surface area contributed by atoms with Crippen LogP contribution >= 0.6 is 0 Å². The first-order valence-electron chi connectivity index (χ1n) is 8.85. The van der Waals surface area contributed by atoms with Crippen LogP contribution in [0.25, 0.3) is 11.1 Å². The molecule has 2 N–H and O–H groups in total. The second-order valence-electron chi connectivity index (χ2n) is 7.49. The van der Waals surface area contributed by atoms with Crippen molar-refractivity contribution >= 4 is 28.8 Å². The first kappa shape index (κ1) is 19.6. The number of amides is 1. The molecule has 1 atom stereocenters. The molecule has 2 heterocycles. The molecule has 6 nitrogen and oxygen atoms in total. The van der Waals surface area contributed by atoms with Crippen LogP contribution in [-0.2, 0) is 6.61 Å². The normalized spacial score (nSPS) is 14.6. The zero-order chi connectivity index (χ0) is 19.6. The van der Waals surface area contributed by atoms with Crippen LogP contribution in [0.2, 0.25) is 4.20 Å². The molecule has 0 saturated heterocycles. The topological polar surface area (TPSA) is 80.7 Å². The number of ether oxygens (including phenoxy) is 2. The number of hydrogen-bond acceptors (Lipinski definition) is 4. The molecule has 0 aliphatic carbocycles. The second-order valence-corrected chi connectivity index (χ2v) is 9.75. The van der Waals surface area contributed by atoms with Gasteiger partial charge < -0.3 is 5.11 Å². The number of nitrogens with zero attached hydrogens (tertiary/aromatic N) is 1. The van der Waals surface area contributed by atoms with E-state index in [0.29, 0.717) is 24.9 Å². The van der Waals surface area contributed by atoms with Crippen LogP contribution in [-0.4, -0.2) is 39.6 Å². The van der Waals surface area contributed by atoms with Crippen LogP contribution in [0.15, 0.2) is 30.5 Å². The Bertz CT molecular complexity index is 852. The molecule has 2 radical (unpaired) electrons. The van der Waals surface area contributed by atoms with Crippen molar-refractivity contribution in [2.75, 3.05) is 11.9 Å². The van der Waals surface area contributed by atoms with Gasteiger partial charge in [0.05, 0.1) is 0 Å². The SMILES string of the molecule is CC(C)CC(C)([As])COc1ccc2c(c1)COc1cnc(NC(=O)O)cc1-2. The van der Waals surface area contributed by atoms with E-state index < -0.39 is 6.09 Å². The standard InChI is InChI=1S/C20H23AsN2O4/c1-12(2)8-20(3,21)11-27-14-4-5-15-13(6-14)10-26-17-9-22-18(7-16(15)17)23-19(24)25/h4-7,9,12H,8,10-11H2,1-3H3,(H,22,23)(H,24,25). The maximum atomic E-state index is 10.8. The number of hydrogen-bond donors (Lipinski definition) is 2. The van der Waals surface area contributed by atoms with Crippen molar-refractivity contribution in [3.8, 4) is 22.6 Å². The van der Waals surface area contributed by atoms with E-state index >= 15 is 0 Å². The van der Waals surface area contributed by atoms with Gasteiger partial charge in [-0.3, -0.25) is 0 Å². The summed E-state index contributed by atoms with van der Waals surface area (Å²) in [6.45, 7) is 7.66. The molecular formula is C20H23AsN2O4. The van der Waals surface area contributed by atoms with Crippen molar-refractivity contribution in [1.29, 1.82) is 0 Å². The fraction of sp³-hybridized carbons (Fsp3) is 0.400. The summed E-state index contributed by atoms with van der Waals surface area (Å²) in [4.78, 5) is 14.9. The van der Waals surface area contributed by atoms with Crippen molar-refractivity contribution in [1.82, 2.24) is 4.98 Å². The number of aromatic nitrogens is 1. The van der Waals surface area contributed by atoms with Crippen LogP contribution < -0.4 is 14.8 Å². The van der Waals surface area contributed by atoms with Crippen molar-refractivity contribution in [3.05, 3.63) is 36.0 Å². The Balaban J connectivity index is 1.80.